The van der Waals surface area contributed by atoms with E-state index in [1.54, 1.807) is 0 Å². The number of aliphatic hydroxyl groups excluding tert-OH is 1. The molecule has 2 heteroatoms. The van der Waals surface area contributed by atoms with Gasteiger partial charge in [0.2, 0.25) is 0 Å². The third-order valence-electron chi connectivity index (χ3n) is 4.05. The lowest BCUT2D eigenvalue weighted by molar-refractivity contribution is -0.113. The van der Waals surface area contributed by atoms with Crippen molar-refractivity contribution in [3.8, 4) is 0 Å². The van der Waals surface area contributed by atoms with E-state index in [9.17, 15) is 5.11 Å². The number of hydrogen-bond acceptors (Lipinski definition) is 2. The Kier molecular flexibility index (Phi) is 5.46. The van der Waals surface area contributed by atoms with Gasteiger partial charge in [-0.25, -0.2) is 0 Å². The molecule has 1 rings (SSSR count). The van der Waals surface area contributed by atoms with Crippen LogP contribution in [-0.2, 0) is 4.74 Å². The SMILES string of the molecule is CCOC(C(O)C1CCC(C)CC1)C(C)(C)C. The van der Waals surface area contributed by atoms with Crippen LogP contribution in [0.2, 0.25) is 0 Å². The molecule has 2 atom stereocenters. The summed E-state index contributed by atoms with van der Waals surface area (Å²) in [5.41, 5.74) is 0.0124. The second-order valence-electron chi connectivity index (χ2n) is 6.75. The van der Waals surface area contributed by atoms with Crippen molar-refractivity contribution in [2.45, 2.75) is 72.5 Å². The molecular weight excluding hydrogens is 212 g/mol. The van der Waals surface area contributed by atoms with E-state index in [0.717, 1.165) is 18.8 Å². The fourth-order valence-corrected chi connectivity index (χ4v) is 2.92. The molecule has 0 heterocycles. The van der Waals surface area contributed by atoms with E-state index in [0.29, 0.717) is 12.5 Å². The third-order valence-corrected chi connectivity index (χ3v) is 4.05. The number of hydrogen-bond donors (Lipinski definition) is 1. The molecule has 1 aliphatic rings. The number of rotatable bonds is 4. The summed E-state index contributed by atoms with van der Waals surface area (Å²) in [6.45, 7) is 11.5. The van der Waals surface area contributed by atoms with Gasteiger partial charge in [0.05, 0.1) is 12.2 Å². The van der Waals surface area contributed by atoms with E-state index in [1.807, 2.05) is 6.92 Å². The molecule has 0 amide bonds. The maximum absolute atomic E-state index is 10.6. The van der Waals surface area contributed by atoms with Crippen LogP contribution in [0.5, 0.6) is 0 Å². The molecule has 2 unspecified atom stereocenters. The summed E-state index contributed by atoms with van der Waals surface area (Å²) in [7, 11) is 0. The second-order valence-corrected chi connectivity index (χ2v) is 6.75. The monoisotopic (exact) mass is 242 g/mol. The van der Waals surface area contributed by atoms with E-state index in [4.69, 9.17) is 4.74 Å². The van der Waals surface area contributed by atoms with Crippen LogP contribution in [0.15, 0.2) is 0 Å². The Morgan fingerprint density at radius 3 is 2.12 bits per heavy atom. The largest absolute Gasteiger partial charge is 0.390 e. The van der Waals surface area contributed by atoms with Crippen LogP contribution < -0.4 is 0 Å². The normalized spacial score (nSPS) is 30.0. The van der Waals surface area contributed by atoms with E-state index < -0.39 is 0 Å². The van der Waals surface area contributed by atoms with Crippen LogP contribution in [0.1, 0.15) is 60.3 Å². The molecule has 1 fully saturated rings. The van der Waals surface area contributed by atoms with Gasteiger partial charge in [0.25, 0.3) is 0 Å². The molecule has 0 aromatic carbocycles. The Balaban J connectivity index is 2.61. The maximum atomic E-state index is 10.6. The first-order valence-corrected chi connectivity index (χ1v) is 7.16. The minimum Gasteiger partial charge on any atom is -0.390 e. The summed E-state index contributed by atoms with van der Waals surface area (Å²) < 4.78 is 5.80. The van der Waals surface area contributed by atoms with E-state index in [1.165, 1.54) is 12.8 Å². The zero-order chi connectivity index (χ0) is 13.1. The van der Waals surface area contributed by atoms with Crippen molar-refractivity contribution in [3.05, 3.63) is 0 Å². The van der Waals surface area contributed by atoms with Gasteiger partial charge in [0, 0.05) is 6.61 Å². The average molecular weight is 242 g/mol. The molecular formula is C15H30O2. The highest BCUT2D eigenvalue weighted by Gasteiger charge is 2.37. The Hall–Kier alpha value is -0.0800. The van der Waals surface area contributed by atoms with Crippen molar-refractivity contribution >= 4 is 0 Å². The molecule has 102 valence electrons. The molecule has 0 aliphatic heterocycles. The van der Waals surface area contributed by atoms with Gasteiger partial charge in [-0.15, -0.1) is 0 Å². The highest BCUT2D eigenvalue weighted by Crippen LogP contribution is 2.36. The predicted octanol–water partition coefficient (Wildman–Crippen LogP) is 3.62. The van der Waals surface area contributed by atoms with Gasteiger partial charge in [-0.1, -0.05) is 40.5 Å². The topological polar surface area (TPSA) is 29.5 Å². The molecule has 1 saturated carbocycles. The van der Waals surface area contributed by atoms with Gasteiger partial charge in [0.1, 0.15) is 0 Å². The highest BCUT2D eigenvalue weighted by atomic mass is 16.5. The first-order valence-electron chi connectivity index (χ1n) is 7.16. The summed E-state index contributed by atoms with van der Waals surface area (Å²) in [6, 6.07) is 0. The van der Waals surface area contributed by atoms with Crippen LogP contribution in [0, 0.1) is 17.3 Å². The summed E-state index contributed by atoms with van der Waals surface area (Å²) in [5, 5.41) is 10.6. The van der Waals surface area contributed by atoms with Gasteiger partial charge in [0.15, 0.2) is 0 Å². The molecule has 0 spiro atoms. The summed E-state index contributed by atoms with van der Waals surface area (Å²) in [6.07, 6.45) is 4.48. The zero-order valence-electron chi connectivity index (χ0n) is 12.2. The minimum absolute atomic E-state index is 0.0124. The van der Waals surface area contributed by atoms with Crippen molar-refractivity contribution in [1.82, 2.24) is 0 Å². The van der Waals surface area contributed by atoms with Crippen molar-refractivity contribution < 1.29 is 9.84 Å². The highest BCUT2D eigenvalue weighted by molar-refractivity contribution is 4.87. The van der Waals surface area contributed by atoms with E-state index >= 15 is 0 Å². The molecule has 2 nitrogen and oxygen atoms in total. The third kappa shape index (κ3) is 4.26. The molecule has 1 N–H and O–H groups in total. The minimum atomic E-state index is -0.303. The van der Waals surface area contributed by atoms with Crippen LogP contribution in [0.3, 0.4) is 0 Å². The fraction of sp³-hybridized carbons (Fsp3) is 1.00. The van der Waals surface area contributed by atoms with Crippen LogP contribution in [0.25, 0.3) is 0 Å². The molecule has 0 saturated heterocycles. The van der Waals surface area contributed by atoms with Crippen molar-refractivity contribution in [2.24, 2.45) is 17.3 Å². The van der Waals surface area contributed by atoms with Gasteiger partial charge in [-0.05, 0) is 37.0 Å². The van der Waals surface area contributed by atoms with Gasteiger partial charge in [-0.2, -0.15) is 0 Å². The maximum Gasteiger partial charge on any atom is 0.0884 e. The predicted molar refractivity (Wildman–Crippen MR) is 72.0 cm³/mol. The fourth-order valence-electron chi connectivity index (χ4n) is 2.92. The quantitative estimate of drug-likeness (QED) is 0.816. The van der Waals surface area contributed by atoms with Crippen LogP contribution in [-0.4, -0.2) is 23.9 Å². The van der Waals surface area contributed by atoms with Gasteiger partial charge >= 0.3 is 0 Å². The average Bonchev–Trinajstić information content (AvgIpc) is 2.24. The Morgan fingerprint density at radius 2 is 1.71 bits per heavy atom. The molecule has 17 heavy (non-hydrogen) atoms. The summed E-state index contributed by atoms with van der Waals surface area (Å²) >= 11 is 0. The van der Waals surface area contributed by atoms with Crippen LogP contribution >= 0.6 is 0 Å². The smallest absolute Gasteiger partial charge is 0.0884 e. The zero-order valence-corrected chi connectivity index (χ0v) is 12.2. The lowest BCUT2D eigenvalue weighted by atomic mass is 9.74. The van der Waals surface area contributed by atoms with E-state index in [2.05, 4.69) is 27.7 Å². The first kappa shape index (κ1) is 15.0. The van der Waals surface area contributed by atoms with Crippen molar-refractivity contribution in [1.29, 1.82) is 0 Å². The lowest BCUT2D eigenvalue weighted by Crippen LogP contribution is -2.45. The Labute approximate surface area is 107 Å². The Morgan fingerprint density at radius 1 is 1.18 bits per heavy atom. The molecule has 1 aliphatic carbocycles. The van der Waals surface area contributed by atoms with Gasteiger partial charge in [-0.3, -0.25) is 0 Å². The van der Waals surface area contributed by atoms with Crippen molar-refractivity contribution in [3.63, 3.8) is 0 Å². The lowest BCUT2D eigenvalue weighted by Gasteiger charge is -2.39. The molecule has 0 radical (unpaired) electrons. The summed E-state index contributed by atoms with van der Waals surface area (Å²) in [4.78, 5) is 0. The number of aliphatic hydroxyl groups is 1. The second kappa shape index (κ2) is 6.19. The molecule has 0 aromatic rings. The van der Waals surface area contributed by atoms with Crippen LogP contribution in [0.4, 0.5) is 0 Å². The molecule has 0 aromatic heterocycles. The van der Waals surface area contributed by atoms with Crippen molar-refractivity contribution in [2.75, 3.05) is 6.61 Å². The van der Waals surface area contributed by atoms with Gasteiger partial charge < -0.3 is 9.84 Å². The Bertz CT molecular complexity index is 211. The first-order chi connectivity index (χ1) is 7.86. The standard InChI is InChI=1S/C15H30O2/c1-6-17-14(15(3,4)5)13(16)12-9-7-11(2)8-10-12/h11-14,16H,6-10H2,1-5H3. The molecule has 0 bridgehead atoms. The summed E-state index contributed by atoms with van der Waals surface area (Å²) in [5.74, 6) is 1.26. The number of ether oxygens (including phenoxy) is 1. The van der Waals surface area contributed by atoms with E-state index in [-0.39, 0.29) is 17.6 Å².